The number of rotatable bonds is 3. The van der Waals surface area contributed by atoms with Gasteiger partial charge in [-0.3, -0.25) is 14.5 Å². The Kier molecular flexibility index (Phi) is 3.02. The minimum absolute atomic E-state index is 0.266. The van der Waals surface area contributed by atoms with Gasteiger partial charge < -0.3 is 4.84 Å². The average molecular weight is 274 g/mol. The van der Waals surface area contributed by atoms with E-state index in [1.54, 1.807) is 31.2 Å². The van der Waals surface area contributed by atoms with Gasteiger partial charge in [-0.25, -0.2) is 4.79 Å². The standard InChI is InChI=1S/C14H14N2O4/c1-9(15-7-4-8-15)14(19)20-16-12(17)10-5-2-3-6-11(10)13(16)18/h2-3,5-6,9H,4,7-8H2,1H3. The van der Waals surface area contributed by atoms with Crippen molar-refractivity contribution in [3.8, 4) is 0 Å². The number of likely N-dealkylation sites (tertiary alicyclic amines) is 1. The molecule has 1 aromatic rings. The van der Waals surface area contributed by atoms with Crippen LogP contribution < -0.4 is 0 Å². The van der Waals surface area contributed by atoms with Gasteiger partial charge in [-0.2, -0.15) is 0 Å². The topological polar surface area (TPSA) is 66.9 Å². The van der Waals surface area contributed by atoms with E-state index in [9.17, 15) is 14.4 Å². The summed E-state index contributed by atoms with van der Waals surface area (Å²) in [5.74, 6) is -1.76. The number of carbonyl (C=O) groups excluding carboxylic acids is 3. The molecule has 6 heteroatoms. The Morgan fingerprint density at radius 1 is 1.15 bits per heavy atom. The number of hydroxylamine groups is 2. The first-order chi connectivity index (χ1) is 9.59. The molecule has 1 saturated heterocycles. The van der Waals surface area contributed by atoms with E-state index in [0.29, 0.717) is 5.06 Å². The molecule has 20 heavy (non-hydrogen) atoms. The summed E-state index contributed by atoms with van der Waals surface area (Å²) in [5.41, 5.74) is 0.531. The van der Waals surface area contributed by atoms with Crippen molar-refractivity contribution in [3.63, 3.8) is 0 Å². The Labute approximate surface area is 115 Å². The van der Waals surface area contributed by atoms with Crippen LogP contribution in [-0.2, 0) is 9.63 Å². The molecule has 0 aromatic heterocycles. The van der Waals surface area contributed by atoms with Crippen molar-refractivity contribution < 1.29 is 19.2 Å². The van der Waals surface area contributed by atoms with Crippen molar-refractivity contribution in [2.75, 3.05) is 13.1 Å². The Hall–Kier alpha value is -2.21. The first-order valence-electron chi connectivity index (χ1n) is 6.53. The zero-order chi connectivity index (χ0) is 14.3. The van der Waals surface area contributed by atoms with Gasteiger partial charge in [0.1, 0.15) is 6.04 Å². The van der Waals surface area contributed by atoms with Crippen molar-refractivity contribution in [1.29, 1.82) is 0 Å². The molecule has 1 fully saturated rings. The number of fused-ring (bicyclic) bond motifs is 1. The summed E-state index contributed by atoms with van der Waals surface area (Å²) in [6, 6.07) is 5.97. The van der Waals surface area contributed by atoms with Crippen LogP contribution in [0, 0.1) is 0 Å². The van der Waals surface area contributed by atoms with Crippen molar-refractivity contribution >= 4 is 17.8 Å². The van der Waals surface area contributed by atoms with Gasteiger partial charge in [0, 0.05) is 13.1 Å². The summed E-state index contributed by atoms with van der Waals surface area (Å²) in [6.45, 7) is 3.37. The normalized spacial score (nSPS) is 19.6. The van der Waals surface area contributed by atoms with Gasteiger partial charge in [0.2, 0.25) is 0 Å². The second-order valence-electron chi connectivity index (χ2n) is 4.93. The Morgan fingerprint density at radius 2 is 1.70 bits per heavy atom. The van der Waals surface area contributed by atoms with Gasteiger partial charge in [0.15, 0.2) is 0 Å². The van der Waals surface area contributed by atoms with Crippen LogP contribution in [0.15, 0.2) is 24.3 Å². The molecule has 0 bridgehead atoms. The molecular weight excluding hydrogens is 260 g/mol. The number of amides is 2. The van der Waals surface area contributed by atoms with Crippen molar-refractivity contribution in [2.24, 2.45) is 0 Å². The zero-order valence-corrected chi connectivity index (χ0v) is 11.0. The van der Waals surface area contributed by atoms with Gasteiger partial charge in [-0.15, -0.1) is 0 Å². The molecule has 1 aromatic carbocycles. The van der Waals surface area contributed by atoms with Gasteiger partial charge in [0.05, 0.1) is 11.1 Å². The molecule has 1 atom stereocenters. The maximum Gasteiger partial charge on any atom is 0.349 e. The fraction of sp³-hybridized carbons (Fsp3) is 0.357. The van der Waals surface area contributed by atoms with E-state index in [-0.39, 0.29) is 11.1 Å². The van der Waals surface area contributed by atoms with Gasteiger partial charge >= 0.3 is 5.97 Å². The minimum Gasteiger partial charge on any atom is -0.328 e. The van der Waals surface area contributed by atoms with Crippen molar-refractivity contribution in [2.45, 2.75) is 19.4 Å². The molecule has 3 rings (SSSR count). The maximum absolute atomic E-state index is 12.0. The summed E-state index contributed by atoms with van der Waals surface area (Å²) in [7, 11) is 0. The van der Waals surface area contributed by atoms with Crippen LogP contribution in [0.4, 0.5) is 0 Å². The third-order valence-electron chi connectivity index (χ3n) is 3.72. The van der Waals surface area contributed by atoms with E-state index < -0.39 is 23.8 Å². The fourth-order valence-electron chi connectivity index (χ4n) is 2.29. The van der Waals surface area contributed by atoms with Crippen LogP contribution in [0.1, 0.15) is 34.1 Å². The predicted molar refractivity (Wildman–Crippen MR) is 68.7 cm³/mol. The Bertz CT molecular complexity index is 560. The predicted octanol–water partition coefficient (Wildman–Crippen LogP) is 0.835. The highest BCUT2D eigenvalue weighted by molar-refractivity contribution is 6.20. The van der Waals surface area contributed by atoms with Crippen LogP contribution in [0.25, 0.3) is 0 Å². The van der Waals surface area contributed by atoms with Crippen LogP contribution in [-0.4, -0.2) is 46.9 Å². The molecule has 2 aliphatic heterocycles. The van der Waals surface area contributed by atoms with Gasteiger partial charge in [-0.1, -0.05) is 17.2 Å². The molecule has 2 amide bonds. The number of hydrogen-bond donors (Lipinski definition) is 0. The summed E-state index contributed by atoms with van der Waals surface area (Å²) in [5, 5.41) is 0.559. The largest absolute Gasteiger partial charge is 0.349 e. The second-order valence-corrected chi connectivity index (χ2v) is 4.93. The first kappa shape index (κ1) is 12.8. The van der Waals surface area contributed by atoms with Crippen LogP contribution >= 0.6 is 0 Å². The van der Waals surface area contributed by atoms with E-state index in [2.05, 4.69) is 0 Å². The molecule has 0 spiro atoms. The summed E-state index contributed by atoms with van der Waals surface area (Å²) >= 11 is 0. The van der Waals surface area contributed by atoms with Crippen LogP contribution in [0.5, 0.6) is 0 Å². The third kappa shape index (κ3) is 1.89. The summed E-state index contributed by atoms with van der Waals surface area (Å²) < 4.78 is 0. The highest BCUT2D eigenvalue weighted by Crippen LogP contribution is 2.23. The molecule has 1 unspecified atom stereocenters. The first-order valence-corrected chi connectivity index (χ1v) is 6.53. The minimum atomic E-state index is -0.588. The molecule has 0 N–H and O–H groups in total. The Morgan fingerprint density at radius 3 is 2.15 bits per heavy atom. The SMILES string of the molecule is CC(C(=O)ON1C(=O)c2ccccc2C1=O)N1CCC1. The molecule has 0 saturated carbocycles. The second kappa shape index (κ2) is 4.72. The molecular formula is C14H14N2O4. The molecule has 0 radical (unpaired) electrons. The van der Waals surface area contributed by atoms with E-state index in [4.69, 9.17) is 4.84 Å². The number of imide groups is 1. The molecule has 0 aliphatic carbocycles. The molecule has 2 heterocycles. The van der Waals surface area contributed by atoms with Crippen molar-refractivity contribution in [3.05, 3.63) is 35.4 Å². The van der Waals surface area contributed by atoms with Gasteiger partial charge in [-0.05, 0) is 25.5 Å². The zero-order valence-electron chi connectivity index (χ0n) is 11.0. The lowest BCUT2D eigenvalue weighted by Gasteiger charge is -2.34. The maximum atomic E-state index is 12.0. The quantitative estimate of drug-likeness (QED) is 0.764. The smallest absolute Gasteiger partial charge is 0.328 e. The van der Waals surface area contributed by atoms with E-state index in [0.717, 1.165) is 19.5 Å². The number of benzene rings is 1. The molecule has 2 aliphatic rings. The lowest BCUT2D eigenvalue weighted by molar-refractivity contribution is -0.175. The Balaban J connectivity index is 1.74. The highest BCUT2D eigenvalue weighted by Gasteiger charge is 2.40. The number of nitrogens with zero attached hydrogens (tertiary/aromatic N) is 2. The van der Waals surface area contributed by atoms with E-state index in [1.807, 2.05) is 4.90 Å². The fourth-order valence-corrected chi connectivity index (χ4v) is 2.29. The lowest BCUT2D eigenvalue weighted by atomic mass is 10.1. The highest BCUT2D eigenvalue weighted by atomic mass is 16.7. The van der Waals surface area contributed by atoms with Crippen molar-refractivity contribution in [1.82, 2.24) is 9.96 Å². The number of carbonyl (C=O) groups is 3. The van der Waals surface area contributed by atoms with Crippen LogP contribution in [0.2, 0.25) is 0 Å². The van der Waals surface area contributed by atoms with Gasteiger partial charge in [0.25, 0.3) is 11.8 Å². The summed E-state index contributed by atoms with van der Waals surface area (Å²) in [4.78, 5) is 43.0. The monoisotopic (exact) mass is 274 g/mol. The third-order valence-corrected chi connectivity index (χ3v) is 3.72. The molecule has 6 nitrogen and oxygen atoms in total. The average Bonchev–Trinajstić information content (AvgIpc) is 2.62. The van der Waals surface area contributed by atoms with Crippen LogP contribution in [0.3, 0.4) is 0 Å². The number of hydrogen-bond acceptors (Lipinski definition) is 5. The lowest BCUT2D eigenvalue weighted by Crippen LogP contribution is -2.49. The van der Waals surface area contributed by atoms with E-state index in [1.165, 1.54) is 0 Å². The van der Waals surface area contributed by atoms with E-state index >= 15 is 0 Å². The molecule has 104 valence electrons. The summed E-state index contributed by atoms with van der Waals surface area (Å²) in [6.07, 6.45) is 1.05.